The number of carboxylic acids is 1. The molecule has 1 aromatic heterocycles. The van der Waals surface area contributed by atoms with E-state index in [-0.39, 0.29) is 17.1 Å². The second kappa shape index (κ2) is 5.18. The van der Waals surface area contributed by atoms with Crippen molar-refractivity contribution in [3.8, 4) is 0 Å². The van der Waals surface area contributed by atoms with Gasteiger partial charge in [-0.25, -0.2) is 13.2 Å². The summed E-state index contributed by atoms with van der Waals surface area (Å²) in [4.78, 5) is 13.1. The van der Waals surface area contributed by atoms with Gasteiger partial charge in [-0.2, -0.15) is 4.31 Å². The van der Waals surface area contributed by atoms with Crippen molar-refractivity contribution in [2.24, 2.45) is 0 Å². The molecule has 0 atom stereocenters. The Balaban J connectivity index is 3.26. The largest absolute Gasteiger partial charge is 0.477 e. The first-order chi connectivity index (χ1) is 8.60. The molecule has 2 N–H and O–H groups in total. The smallest absolute Gasteiger partial charge is 0.352 e. The molecule has 0 unspecified atom stereocenters. The fourth-order valence-electron chi connectivity index (χ4n) is 1.62. The zero-order chi connectivity index (χ0) is 14.8. The second-order valence-electron chi connectivity index (χ2n) is 5.05. The van der Waals surface area contributed by atoms with Crippen LogP contribution in [-0.4, -0.2) is 40.9 Å². The van der Waals surface area contributed by atoms with Crippen molar-refractivity contribution in [1.82, 2.24) is 9.29 Å². The van der Waals surface area contributed by atoms with Gasteiger partial charge in [-0.1, -0.05) is 6.08 Å². The number of aromatic amines is 1. The third-order valence-electron chi connectivity index (χ3n) is 2.52. The summed E-state index contributed by atoms with van der Waals surface area (Å²) in [6.45, 7) is 8.99. The van der Waals surface area contributed by atoms with E-state index in [1.165, 1.54) is 16.6 Å². The molecule has 0 aliphatic heterocycles. The van der Waals surface area contributed by atoms with Crippen LogP contribution in [0.4, 0.5) is 0 Å². The van der Waals surface area contributed by atoms with Gasteiger partial charge >= 0.3 is 5.97 Å². The molecule has 7 heteroatoms. The highest BCUT2D eigenvalue weighted by Crippen LogP contribution is 2.24. The normalized spacial score (nSPS) is 12.6. The zero-order valence-corrected chi connectivity index (χ0v) is 12.0. The van der Waals surface area contributed by atoms with Gasteiger partial charge in [-0.15, -0.1) is 6.58 Å². The summed E-state index contributed by atoms with van der Waals surface area (Å²) in [5, 5.41) is 8.81. The Bertz CT molecular complexity index is 581. The van der Waals surface area contributed by atoms with Gasteiger partial charge in [0.25, 0.3) is 0 Å². The lowest BCUT2D eigenvalue weighted by Gasteiger charge is -2.33. The first-order valence-corrected chi connectivity index (χ1v) is 7.10. The average Bonchev–Trinajstić information content (AvgIpc) is 2.73. The lowest BCUT2D eigenvalue weighted by atomic mass is 10.1. The van der Waals surface area contributed by atoms with E-state index in [9.17, 15) is 13.2 Å². The molecule has 0 aliphatic rings. The second-order valence-corrected chi connectivity index (χ2v) is 6.91. The Morgan fingerprint density at radius 3 is 2.47 bits per heavy atom. The van der Waals surface area contributed by atoms with E-state index in [4.69, 9.17) is 5.11 Å². The predicted octanol–water partition coefficient (Wildman–Crippen LogP) is 1.69. The number of aromatic nitrogens is 1. The molecular weight excluding hydrogens is 268 g/mol. The number of hydrogen-bond donors (Lipinski definition) is 2. The van der Waals surface area contributed by atoms with Crippen LogP contribution in [0, 0.1) is 0 Å². The van der Waals surface area contributed by atoms with Crippen LogP contribution in [0.1, 0.15) is 31.3 Å². The summed E-state index contributed by atoms with van der Waals surface area (Å²) < 4.78 is 26.2. The van der Waals surface area contributed by atoms with Crippen LogP contribution < -0.4 is 0 Å². The van der Waals surface area contributed by atoms with E-state index in [2.05, 4.69) is 11.6 Å². The summed E-state index contributed by atoms with van der Waals surface area (Å²) in [5.74, 6) is -1.20. The SMILES string of the molecule is C=CCN(C(C)(C)C)S(=O)(=O)c1c[nH]c(C(=O)O)c1. The quantitative estimate of drug-likeness (QED) is 0.806. The van der Waals surface area contributed by atoms with Crippen molar-refractivity contribution in [2.45, 2.75) is 31.2 Å². The summed E-state index contributed by atoms with van der Waals surface area (Å²) in [7, 11) is -3.77. The number of H-pyrrole nitrogens is 1. The summed E-state index contributed by atoms with van der Waals surface area (Å²) in [5.41, 5.74) is -0.792. The number of nitrogens with zero attached hydrogens (tertiary/aromatic N) is 1. The van der Waals surface area contributed by atoms with Gasteiger partial charge < -0.3 is 10.1 Å². The van der Waals surface area contributed by atoms with E-state index < -0.39 is 21.5 Å². The van der Waals surface area contributed by atoms with Crippen LogP contribution in [0.15, 0.2) is 29.8 Å². The Kier molecular flexibility index (Phi) is 4.21. The van der Waals surface area contributed by atoms with E-state index in [1.807, 2.05) is 0 Å². The van der Waals surface area contributed by atoms with Crippen molar-refractivity contribution < 1.29 is 18.3 Å². The average molecular weight is 286 g/mol. The van der Waals surface area contributed by atoms with Crippen LogP contribution in [-0.2, 0) is 10.0 Å². The minimum atomic E-state index is -3.77. The van der Waals surface area contributed by atoms with Gasteiger partial charge in [0, 0.05) is 18.3 Å². The molecular formula is C12H18N2O4S. The molecule has 1 rings (SSSR count). The molecule has 0 fully saturated rings. The molecule has 0 saturated heterocycles. The summed E-state index contributed by atoms with van der Waals surface area (Å²) >= 11 is 0. The number of sulfonamides is 1. The van der Waals surface area contributed by atoms with Crippen molar-refractivity contribution in [1.29, 1.82) is 0 Å². The Morgan fingerprint density at radius 1 is 1.53 bits per heavy atom. The first-order valence-electron chi connectivity index (χ1n) is 5.66. The maximum absolute atomic E-state index is 12.5. The molecule has 0 spiro atoms. The molecule has 106 valence electrons. The van der Waals surface area contributed by atoms with E-state index in [0.717, 1.165) is 6.07 Å². The molecule has 0 amide bonds. The predicted molar refractivity (Wildman–Crippen MR) is 71.6 cm³/mol. The number of nitrogens with one attached hydrogen (secondary N) is 1. The molecule has 1 heterocycles. The van der Waals surface area contributed by atoms with E-state index >= 15 is 0 Å². The minimum Gasteiger partial charge on any atom is -0.477 e. The van der Waals surface area contributed by atoms with Crippen LogP contribution in [0.25, 0.3) is 0 Å². The van der Waals surface area contributed by atoms with Gasteiger partial charge in [0.05, 0.1) is 0 Å². The Morgan fingerprint density at radius 2 is 2.11 bits per heavy atom. The number of rotatable bonds is 5. The van der Waals surface area contributed by atoms with Crippen LogP contribution in [0.5, 0.6) is 0 Å². The molecule has 0 aromatic carbocycles. The van der Waals surface area contributed by atoms with Gasteiger partial charge in [-0.05, 0) is 26.8 Å². The molecule has 0 aliphatic carbocycles. The van der Waals surface area contributed by atoms with Crippen LogP contribution >= 0.6 is 0 Å². The van der Waals surface area contributed by atoms with Crippen LogP contribution in [0.3, 0.4) is 0 Å². The van der Waals surface area contributed by atoms with Crippen LogP contribution in [0.2, 0.25) is 0 Å². The van der Waals surface area contributed by atoms with Crippen molar-refractivity contribution in [2.75, 3.05) is 6.54 Å². The summed E-state index contributed by atoms with van der Waals surface area (Å²) in [6.07, 6.45) is 2.67. The monoisotopic (exact) mass is 286 g/mol. The Labute approximate surface area is 112 Å². The highest BCUT2D eigenvalue weighted by molar-refractivity contribution is 7.89. The Hall–Kier alpha value is -1.60. The van der Waals surface area contributed by atoms with Crippen molar-refractivity contribution in [3.05, 3.63) is 30.6 Å². The third kappa shape index (κ3) is 3.24. The van der Waals surface area contributed by atoms with Gasteiger partial charge in [0.1, 0.15) is 10.6 Å². The molecule has 19 heavy (non-hydrogen) atoms. The lowest BCUT2D eigenvalue weighted by Crippen LogP contribution is -2.45. The fourth-order valence-corrected chi connectivity index (χ4v) is 3.38. The number of carboxylic acid groups (broad SMARTS) is 1. The molecule has 0 radical (unpaired) electrons. The van der Waals surface area contributed by atoms with Gasteiger partial charge in [0.2, 0.25) is 10.0 Å². The molecule has 1 aromatic rings. The minimum absolute atomic E-state index is 0.0679. The van der Waals surface area contributed by atoms with E-state index in [0.29, 0.717) is 0 Å². The maximum Gasteiger partial charge on any atom is 0.352 e. The summed E-state index contributed by atoms with van der Waals surface area (Å²) in [6, 6.07) is 1.11. The highest BCUT2D eigenvalue weighted by Gasteiger charge is 2.33. The van der Waals surface area contributed by atoms with E-state index in [1.54, 1.807) is 20.8 Å². The molecule has 6 nitrogen and oxygen atoms in total. The molecule has 0 saturated carbocycles. The van der Waals surface area contributed by atoms with Crippen molar-refractivity contribution >= 4 is 16.0 Å². The molecule has 0 bridgehead atoms. The fraction of sp³-hybridized carbons (Fsp3) is 0.417. The zero-order valence-electron chi connectivity index (χ0n) is 11.2. The standard InChI is InChI=1S/C12H18N2O4S/c1-5-6-14(12(2,3)4)19(17,18)9-7-10(11(15)16)13-8-9/h5,7-8,13H,1,6H2,2-4H3,(H,15,16). The highest BCUT2D eigenvalue weighted by atomic mass is 32.2. The topological polar surface area (TPSA) is 90.5 Å². The number of carbonyl (C=O) groups is 1. The van der Waals surface area contributed by atoms with Gasteiger partial charge in [-0.3, -0.25) is 0 Å². The number of hydrogen-bond acceptors (Lipinski definition) is 3. The number of aromatic carboxylic acids is 1. The third-order valence-corrected chi connectivity index (χ3v) is 4.63. The lowest BCUT2D eigenvalue weighted by molar-refractivity contribution is 0.0691. The van der Waals surface area contributed by atoms with Crippen molar-refractivity contribution in [3.63, 3.8) is 0 Å². The first kappa shape index (κ1) is 15.5. The van der Waals surface area contributed by atoms with Gasteiger partial charge in [0.15, 0.2) is 0 Å². The maximum atomic E-state index is 12.5.